The van der Waals surface area contributed by atoms with Crippen molar-refractivity contribution < 1.29 is 0 Å². The van der Waals surface area contributed by atoms with Crippen molar-refractivity contribution in [2.45, 2.75) is 13.8 Å². The van der Waals surface area contributed by atoms with Crippen molar-refractivity contribution in [3.05, 3.63) is 78.9 Å². The fraction of sp³-hybridized carbons (Fsp3) is 0.167. The zero-order valence-electron chi connectivity index (χ0n) is 16.8. The summed E-state index contributed by atoms with van der Waals surface area (Å²) in [6, 6.07) is 26.5. The lowest BCUT2D eigenvalue weighted by Crippen LogP contribution is -2.21. The van der Waals surface area contributed by atoms with Gasteiger partial charge in [-0.2, -0.15) is 4.98 Å². The predicted octanol–water partition coefficient (Wildman–Crippen LogP) is 5.96. The predicted molar refractivity (Wildman–Crippen MR) is 123 cm³/mol. The van der Waals surface area contributed by atoms with Gasteiger partial charge in [0.05, 0.1) is 5.52 Å². The lowest BCUT2D eigenvalue weighted by atomic mass is 10.2. The van der Waals surface area contributed by atoms with Gasteiger partial charge in [0.2, 0.25) is 5.95 Å². The van der Waals surface area contributed by atoms with E-state index < -0.39 is 0 Å². The maximum absolute atomic E-state index is 4.74. The Bertz CT molecular complexity index is 1070. The Morgan fingerprint density at radius 3 is 2.07 bits per heavy atom. The van der Waals surface area contributed by atoms with Crippen LogP contribution in [0.5, 0.6) is 0 Å². The van der Waals surface area contributed by atoms with Crippen LogP contribution in [0.4, 0.5) is 28.8 Å². The summed E-state index contributed by atoms with van der Waals surface area (Å²) in [6.45, 7) is 6.32. The maximum atomic E-state index is 4.74. The molecule has 0 saturated heterocycles. The van der Waals surface area contributed by atoms with Gasteiger partial charge in [-0.3, -0.25) is 0 Å². The van der Waals surface area contributed by atoms with E-state index in [2.05, 4.69) is 53.6 Å². The number of hydrogen-bond acceptors (Lipinski definition) is 5. The van der Waals surface area contributed by atoms with Crippen LogP contribution in [0.1, 0.15) is 13.8 Å². The fourth-order valence-corrected chi connectivity index (χ4v) is 3.36. The first-order valence-electron chi connectivity index (χ1n) is 9.97. The van der Waals surface area contributed by atoms with E-state index in [1.54, 1.807) is 0 Å². The highest BCUT2D eigenvalue weighted by Gasteiger charge is 2.09. The van der Waals surface area contributed by atoms with Crippen molar-refractivity contribution in [3.63, 3.8) is 0 Å². The van der Waals surface area contributed by atoms with Crippen molar-refractivity contribution in [1.29, 1.82) is 0 Å². The van der Waals surface area contributed by atoms with Gasteiger partial charge < -0.3 is 15.5 Å². The van der Waals surface area contributed by atoms with Crippen molar-refractivity contribution in [1.82, 2.24) is 9.97 Å². The van der Waals surface area contributed by atoms with E-state index in [1.165, 1.54) is 5.69 Å². The Labute approximate surface area is 171 Å². The summed E-state index contributed by atoms with van der Waals surface area (Å²) < 4.78 is 0. The van der Waals surface area contributed by atoms with E-state index in [9.17, 15) is 0 Å². The molecule has 0 saturated carbocycles. The first-order chi connectivity index (χ1) is 14.3. The molecule has 4 rings (SSSR count). The number of para-hydroxylation sites is 2. The smallest absolute Gasteiger partial charge is 0.229 e. The van der Waals surface area contributed by atoms with Crippen LogP contribution >= 0.6 is 0 Å². The van der Waals surface area contributed by atoms with Gasteiger partial charge in [0.15, 0.2) is 0 Å². The molecule has 5 heteroatoms. The van der Waals surface area contributed by atoms with Gasteiger partial charge in [-0.15, -0.1) is 0 Å². The summed E-state index contributed by atoms with van der Waals surface area (Å²) in [5, 5.41) is 7.74. The highest BCUT2D eigenvalue weighted by molar-refractivity contribution is 5.92. The van der Waals surface area contributed by atoms with Crippen LogP contribution in [0, 0.1) is 0 Å². The molecule has 3 aromatic carbocycles. The zero-order chi connectivity index (χ0) is 20.1. The molecule has 0 spiro atoms. The second-order valence-electron chi connectivity index (χ2n) is 6.75. The van der Waals surface area contributed by atoms with E-state index in [0.717, 1.165) is 41.2 Å². The Kier molecular flexibility index (Phi) is 5.56. The third-order valence-corrected chi connectivity index (χ3v) is 4.89. The molecule has 4 aromatic rings. The molecule has 29 heavy (non-hydrogen) atoms. The minimum absolute atomic E-state index is 0.567. The molecule has 5 nitrogen and oxygen atoms in total. The highest BCUT2D eigenvalue weighted by atomic mass is 15.1. The van der Waals surface area contributed by atoms with Gasteiger partial charge in [-0.1, -0.05) is 30.3 Å². The van der Waals surface area contributed by atoms with Crippen molar-refractivity contribution in [3.8, 4) is 0 Å². The largest absolute Gasteiger partial charge is 0.372 e. The maximum Gasteiger partial charge on any atom is 0.229 e. The van der Waals surface area contributed by atoms with Crippen LogP contribution in [0.15, 0.2) is 78.9 Å². The second kappa shape index (κ2) is 8.61. The van der Waals surface area contributed by atoms with E-state index in [0.29, 0.717) is 5.95 Å². The number of benzene rings is 3. The Hall–Kier alpha value is -3.60. The summed E-state index contributed by atoms with van der Waals surface area (Å²) in [5.41, 5.74) is 4.06. The number of rotatable bonds is 7. The summed E-state index contributed by atoms with van der Waals surface area (Å²) in [4.78, 5) is 11.7. The second-order valence-corrected chi connectivity index (χ2v) is 6.75. The van der Waals surface area contributed by atoms with Crippen molar-refractivity contribution in [2.24, 2.45) is 0 Å². The molecular formula is C24H25N5. The fourth-order valence-electron chi connectivity index (χ4n) is 3.36. The third kappa shape index (κ3) is 4.29. The zero-order valence-corrected chi connectivity index (χ0v) is 16.8. The summed E-state index contributed by atoms with van der Waals surface area (Å²) in [6.07, 6.45) is 0. The third-order valence-electron chi connectivity index (χ3n) is 4.89. The molecule has 0 amide bonds. The Balaban J connectivity index is 1.64. The first-order valence-corrected chi connectivity index (χ1v) is 9.97. The minimum atomic E-state index is 0.567. The topological polar surface area (TPSA) is 53.1 Å². The Morgan fingerprint density at radius 1 is 0.690 bits per heavy atom. The summed E-state index contributed by atoms with van der Waals surface area (Å²) >= 11 is 0. The molecule has 1 aromatic heterocycles. The number of aromatic nitrogens is 2. The van der Waals surface area contributed by atoms with E-state index in [-0.39, 0.29) is 0 Å². The van der Waals surface area contributed by atoms with Crippen LogP contribution in [0.25, 0.3) is 10.9 Å². The number of nitrogens with zero attached hydrogens (tertiary/aromatic N) is 3. The Morgan fingerprint density at radius 2 is 1.34 bits per heavy atom. The van der Waals surface area contributed by atoms with Gasteiger partial charge in [-0.25, -0.2) is 4.98 Å². The van der Waals surface area contributed by atoms with E-state index >= 15 is 0 Å². The molecule has 0 fully saturated rings. The van der Waals surface area contributed by atoms with Gasteiger partial charge in [-0.05, 0) is 62.4 Å². The lowest BCUT2D eigenvalue weighted by molar-refractivity contribution is 0.866. The molecule has 2 N–H and O–H groups in total. The van der Waals surface area contributed by atoms with Crippen LogP contribution in [-0.2, 0) is 0 Å². The van der Waals surface area contributed by atoms with Gasteiger partial charge in [0, 0.05) is 35.5 Å². The van der Waals surface area contributed by atoms with Gasteiger partial charge in [0.25, 0.3) is 0 Å². The molecule has 0 aliphatic carbocycles. The SMILES string of the molecule is CCN(CC)c1ccc(Nc2nc(Nc3ccccc3)c3ccccc3n2)cc1. The minimum Gasteiger partial charge on any atom is -0.372 e. The van der Waals surface area contributed by atoms with Crippen LogP contribution in [-0.4, -0.2) is 23.1 Å². The van der Waals surface area contributed by atoms with E-state index in [1.807, 2.05) is 54.6 Å². The standard InChI is InChI=1S/C24H25N5/c1-3-29(4-2)20-16-14-19(15-17-20)26-24-27-22-13-9-8-12-21(22)23(28-24)25-18-10-6-5-7-11-18/h5-17H,3-4H2,1-2H3,(H2,25,26,27,28). The molecule has 0 bridgehead atoms. The number of hydrogen-bond donors (Lipinski definition) is 2. The van der Waals surface area contributed by atoms with Crippen LogP contribution < -0.4 is 15.5 Å². The lowest BCUT2D eigenvalue weighted by Gasteiger charge is -2.21. The van der Waals surface area contributed by atoms with Crippen LogP contribution in [0.2, 0.25) is 0 Å². The van der Waals surface area contributed by atoms with Gasteiger partial charge in [0.1, 0.15) is 5.82 Å². The molecule has 0 aliphatic rings. The molecule has 0 radical (unpaired) electrons. The summed E-state index contributed by atoms with van der Waals surface area (Å²) in [5.74, 6) is 1.35. The molecule has 0 atom stereocenters. The summed E-state index contributed by atoms with van der Waals surface area (Å²) in [7, 11) is 0. The molecule has 0 aliphatic heterocycles. The van der Waals surface area contributed by atoms with Crippen molar-refractivity contribution >= 4 is 39.7 Å². The normalized spacial score (nSPS) is 10.7. The molecule has 0 unspecified atom stereocenters. The number of anilines is 5. The van der Waals surface area contributed by atoms with Gasteiger partial charge >= 0.3 is 0 Å². The number of fused-ring (bicyclic) bond motifs is 1. The van der Waals surface area contributed by atoms with Crippen molar-refractivity contribution in [2.75, 3.05) is 28.6 Å². The van der Waals surface area contributed by atoms with E-state index in [4.69, 9.17) is 9.97 Å². The molecule has 146 valence electrons. The average molecular weight is 383 g/mol. The molecule has 1 heterocycles. The monoisotopic (exact) mass is 383 g/mol. The average Bonchev–Trinajstić information content (AvgIpc) is 2.76. The number of nitrogens with one attached hydrogen (secondary N) is 2. The highest BCUT2D eigenvalue weighted by Crippen LogP contribution is 2.27. The quantitative estimate of drug-likeness (QED) is 0.412. The first kappa shape index (κ1) is 18.7. The van der Waals surface area contributed by atoms with Crippen LogP contribution in [0.3, 0.4) is 0 Å². The molecular weight excluding hydrogens is 358 g/mol.